The van der Waals surface area contributed by atoms with E-state index in [0.29, 0.717) is 12.3 Å². The summed E-state index contributed by atoms with van der Waals surface area (Å²) in [6.07, 6.45) is 1.26. The van der Waals surface area contributed by atoms with Crippen LogP contribution in [0.3, 0.4) is 0 Å². The number of hydrogen-bond donors (Lipinski definition) is 1. The van der Waals surface area contributed by atoms with Crippen LogP contribution in [0.5, 0.6) is 11.5 Å². The minimum absolute atomic E-state index is 0.0870. The summed E-state index contributed by atoms with van der Waals surface area (Å²) in [5.74, 6) is 0.341. The third kappa shape index (κ3) is 2.76. The molecule has 1 amide bonds. The van der Waals surface area contributed by atoms with Crippen molar-refractivity contribution in [3.8, 4) is 11.5 Å². The van der Waals surface area contributed by atoms with E-state index in [2.05, 4.69) is 6.58 Å². The van der Waals surface area contributed by atoms with Gasteiger partial charge < -0.3 is 14.7 Å². The number of likely N-dealkylation sites (N-methyl/N-ethyl adjacent to an activating group) is 1. The van der Waals surface area contributed by atoms with E-state index < -0.39 is 0 Å². The van der Waals surface area contributed by atoms with Crippen molar-refractivity contribution >= 4 is 5.91 Å². The average molecular weight is 221 g/mol. The lowest BCUT2D eigenvalue weighted by molar-refractivity contribution is -0.125. The minimum Gasteiger partial charge on any atom is -0.504 e. The van der Waals surface area contributed by atoms with Crippen LogP contribution < -0.4 is 4.74 Å². The lowest BCUT2D eigenvalue weighted by Crippen LogP contribution is -2.23. The largest absolute Gasteiger partial charge is 0.504 e. The molecule has 1 aromatic carbocycles. The molecular weight excluding hydrogens is 206 g/mol. The van der Waals surface area contributed by atoms with E-state index in [1.807, 2.05) is 0 Å². The second kappa shape index (κ2) is 5.21. The summed E-state index contributed by atoms with van der Waals surface area (Å²) in [7, 11) is 3.17. The number of carbonyl (C=O) groups excluding carboxylic acids is 1. The molecule has 1 rings (SSSR count). The van der Waals surface area contributed by atoms with Crippen LogP contribution in [0.15, 0.2) is 30.9 Å². The maximum atomic E-state index is 11.3. The monoisotopic (exact) mass is 221 g/mol. The summed E-state index contributed by atoms with van der Waals surface area (Å²) in [6.45, 7) is 3.86. The van der Waals surface area contributed by atoms with Crippen molar-refractivity contribution in [2.24, 2.45) is 0 Å². The van der Waals surface area contributed by atoms with Crippen LogP contribution in [0.25, 0.3) is 0 Å². The number of phenolic OH excluding ortho intramolecular Hbond substituents is 1. The Hall–Kier alpha value is -1.97. The van der Waals surface area contributed by atoms with Gasteiger partial charge in [0.15, 0.2) is 11.5 Å². The Morgan fingerprint density at radius 2 is 2.31 bits per heavy atom. The number of methoxy groups -OCH3 is 1. The molecule has 0 aliphatic rings. The zero-order valence-corrected chi connectivity index (χ0v) is 9.43. The van der Waals surface area contributed by atoms with Crippen molar-refractivity contribution in [2.75, 3.05) is 14.2 Å². The second-order valence-electron chi connectivity index (χ2n) is 3.40. The van der Waals surface area contributed by atoms with Crippen molar-refractivity contribution in [3.63, 3.8) is 0 Å². The van der Waals surface area contributed by atoms with Crippen molar-refractivity contribution in [3.05, 3.63) is 36.4 Å². The molecule has 0 aliphatic carbocycles. The molecule has 0 saturated carbocycles. The second-order valence-corrected chi connectivity index (χ2v) is 3.40. The standard InChI is InChI=1S/C12H15NO3/c1-4-12(15)13(2)8-9-5-6-10(14)11(7-9)16-3/h4-7,14H,1,8H2,2-3H3. The molecule has 0 heterocycles. The summed E-state index contributed by atoms with van der Waals surface area (Å²) in [5.41, 5.74) is 0.882. The summed E-state index contributed by atoms with van der Waals surface area (Å²) >= 11 is 0. The lowest BCUT2D eigenvalue weighted by atomic mass is 10.2. The minimum atomic E-state index is -0.146. The molecule has 0 bridgehead atoms. The smallest absolute Gasteiger partial charge is 0.245 e. The highest BCUT2D eigenvalue weighted by Gasteiger charge is 2.07. The van der Waals surface area contributed by atoms with Gasteiger partial charge in [-0.15, -0.1) is 0 Å². The summed E-state index contributed by atoms with van der Waals surface area (Å²) in [6, 6.07) is 4.98. The first-order valence-electron chi connectivity index (χ1n) is 4.82. The molecule has 4 nitrogen and oxygen atoms in total. The van der Waals surface area contributed by atoms with Crippen LogP contribution in [0.1, 0.15) is 5.56 Å². The van der Waals surface area contributed by atoms with E-state index >= 15 is 0 Å². The SMILES string of the molecule is C=CC(=O)N(C)Cc1ccc(O)c(OC)c1. The highest BCUT2D eigenvalue weighted by Crippen LogP contribution is 2.26. The Kier molecular flexibility index (Phi) is 3.94. The van der Waals surface area contributed by atoms with Crippen LogP contribution in [-0.4, -0.2) is 30.1 Å². The van der Waals surface area contributed by atoms with E-state index in [9.17, 15) is 9.90 Å². The van der Waals surface area contributed by atoms with Crippen LogP contribution in [0, 0.1) is 0 Å². The molecule has 16 heavy (non-hydrogen) atoms. The first-order valence-corrected chi connectivity index (χ1v) is 4.82. The maximum Gasteiger partial charge on any atom is 0.245 e. The van der Waals surface area contributed by atoms with Crippen LogP contribution in [0.2, 0.25) is 0 Å². The molecule has 0 radical (unpaired) electrons. The molecule has 0 unspecified atom stereocenters. The molecule has 4 heteroatoms. The molecular formula is C12H15NO3. The van der Waals surface area contributed by atoms with Gasteiger partial charge in [0, 0.05) is 13.6 Å². The molecule has 86 valence electrons. The number of benzene rings is 1. The number of aromatic hydroxyl groups is 1. The highest BCUT2D eigenvalue weighted by atomic mass is 16.5. The van der Waals surface area contributed by atoms with Gasteiger partial charge in [-0.1, -0.05) is 12.6 Å². The first-order chi connectivity index (χ1) is 7.58. The fourth-order valence-corrected chi connectivity index (χ4v) is 1.33. The van der Waals surface area contributed by atoms with Gasteiger partial charge in [0.1, 0.15) is 0 Å². The van der Waals surface area contributed by atoms with Gasteiger partial charge in [-0.05, 0) is 23.8 Å². The molecule has 0 aliphatic heterocycles. The quantitative estimate of drug-likeness (QED) is 0.785. The third-order valence-electron chi connectivity index (χ3n) is 2.21. The summed E-state index contributed by atoms with van der Waals surface area (Å²) in [4.78, 5) is 12.8. The molecule has 1 aromatic rings. The van der Waals surface area contributed by atoms with Crippen LogP contribution in [0.4, 0.5) is 0 Å². The maximum absolute atomic E-state index is 11.3. The molecule has 0 aromatic heterocycles. The number of ether oxygens (including phenoxy) is 1. The Labute approximate surface area is 94.8 Å². The molecule has 0 fully saturated rings. The number of carbonyl (C=O) groups is 1. The Balaban J connectivity index is 2.82. The summed E-state index contributed by atoms with van der Waals surface area (Å²) in [5, 5.41) is 9.40. The van der Waals surface area contributed by atoms with Crippen molar-refractivity contribution in [2.45, 2.75) is 6.54 Å². The Morgan fingerprint density at radius 1 is 1.62 bits per heavy atom. The van der Waals surface area contributed by atoms with E-state index in [4.69, 9.17) is 4.74 Å². The number of rotatable bonds is 4. The number of phenols is 1. The third-order valence-corrected chi connectivity index (χ3v) is 2.21. The highest BCUT2D eigenvalue weighted by molar-refractivity contribution is 5.86. The van der Waals surface area contributed by atoms with Gasteiger partial charge in [0.25, 0.3) is 0 Å². The Bertz CT molecular complexity index is 401. The van der Waals surface area contributed by atoms with E-state index in [1.165, 1.54) is 18.1 Å². The normalized spacial score (nSPS) is 9.62. The fraction of sp³-hybridized carbons (Fsp3) is 0.250. The fourth-order valence-electron chi connectivity index (χ4n) is 1.33. The van der Waals surface area contributed by atoms with Crippen molar-refractivity contribution < 1.29 is 14.6 Å². The molecule has 0 saturated heterocycles. The van der Waals surface area contributed by atoms with Gasteiger partial charge in [0.05, 0.1) is 7.11 Å². The van der Waals surface area contributed by atoms with E-state index in [-0.39, 0.29) is 11.7 Å². The lowest BCUT2D eigenvalue weighted by Gasteiger charge is -2.15. The van der Waals surface area contributed by atoms with Crippen LogP contribution >= 0.6 is 0 Å². The van der Waals surface area contributed by atoms with Crippen LogP contribution in [-0.2, 0) is 11.3 Å². The number of hydrogen-bond acceptors (Lipinski definition) is 3. The number of amides is 1. The zero-order valence-electron chi connectivity index (χ0n) is 9.43. The van der Waals surface area contributed by atoms with E-state index in [0.717, 1.165) is 5.56 Å². The van der Waals surface area contributed by atoms with Crippen molar-refractivity contribution in [1.82, 2.24) is 4.90 Å². The van der Waals surface area contributed by atoms with Gasteiger partial charge in [-0.25, -0.2) is 0 Å². The van der Waals surface area contributed by atoms with Gasteiger partial charge in [-0.3, -0.25) is 4.79 Å². The van der Waals surface area contributed by atoms with Gasteiger partial charge >= 0.3 is 0 Å². The summed E-state index contributed by atoms with van der Waals surface area (Å²) < 4.78 is 4.98. The topological polar surface area (TPSA) is 49.8 Å². The zero-order chi connectivity index (χ0) is 12.1. The van der Waals surface area contributed by atoms with Crippen molar-refractivity contribution in [1.29, 1.82) is 0 Å². The molecule has 1 N–H and O–H groups in total. The average Bonchev–Trinajstić information content (AvgIpc) is 2.30. The predicted octanol–water partition coefficient (Wildman–Crippen LogP) is 1.55. The predicted molar refractivity (Wildman–Crippen MR) is 61.3 cm³/mol. The first kappa shape index (κ1) is 12.1. The number of nitrogens with zero attached hydrogens (tertiary/aromatic N) is 1. The molecule has 0 spiro atoms. The Morgan fingerprint density at radius 3 is 2.88 bits per heavy atom. The molecule has 0 atom stereocenters. The van der Waals surface area contributed by atoms with Gasteiger partial charge in [0.2, 0.25) is 5.91 Å². The van der Waals surface area contributed by atoms with Gasteiger partial charge in [-0.2, -0.15) is 0 Å². The van der Waals surface area contributed by atoms with E-state index in [1.54, 1.807) is 25.2 Å².